The van der Waals surface area contributed by atoms with Gasteiger partial charge in [0, 0.05) is 22.7 Å². The van der Waals surface area contributed by atoms with Crippen LogP contribution < -0.4 is 5.32 Å². The summed E-state index contributed by atoms with van der Waals surface area (Å²) in [5.74, 6) is 0. The standard InChI is InChI=1S/C12H12N4S/c1-8(12-13-5-6-17-12)15-10-3-2-4-11-9(10)7-14-16-11/h2-8,15H,1H3,(H,14,16). The minimum Gasteiger partial charge on any atom is -0.375 e. The lowest BCUT2D eigenvalue weighted by atomic mass is 10.2. The molecule has 0 amide bonds. The van der Waals surface area contributed by atoms with Gasteiger partial charge >= 0.3 is 0 Å². The maximum Gasteiger partial charge on any atom is 0.115 e. The van der Waals surface area contributed by atoms with Crippen LogP contribution in [0.4, 0.5) is 5.69 Å². The second kappa shape index (κ2) is 4.18. The van der Waals surface area contributed by atoms with Crippen molar-refractivity contribution in [3.63, 3.8) is 0 Å². The molecule has 0 fully saturated rings. The normalized spacial score (nSPS) is 12.8. The number of nitrogens with one attached hydrogen (secondary N) is 2. The van der Waals surface area contributed by atoms with Gasteiger partial charge in [0.05, 0.1) is 17.8 Å². The molecule has 1 unspecified atom stereocenters. The quantitative estimate of drug-likeness (QED) is 0.744. The van der Waals surface area contributed by atoms with Crippen molar-refractivity contribution < 1.29 is 0 Å². The van der Waals surface area contributed by atoms with Crippen LogP contribution in [0.25, 0.3) is 10.9 Å². The molecule has 2 aromatic heterocycles. The van der Waals surface area contributed by atoms with Gasteiger partial charge in [0.15, 0.2) is 0 Å². The molecule has 3 rings (SSSR count). The Hall–Kier alpha value is -1.88. The van der Waals surface area contributed by atoms with E-state index in [0.717, 1.165) is 21.6 Å². The van der Waals surface area contributed by atoms with Gasteiger partial charge in [-0.2, -0.15) is 5.10 Å². The predicted molar refractivity (Wildman–Crippen MR) is 70.2 cm³/mol. The van der Waals surface area contributed by atoms with Gasteiger partial charge in [-0.15, -0.1) is 11.3 Å². The van der Waals surface area contributed by atoms with Gasteiger partial charge < -0.3 is 5.32 Å². The molecule has 2 N–H and O–H groups in total. The molecule has 0 saturated heterocycles. The molecular formula is C12H12N4S. The van der Waals surface area contributed by atoms with Crippen molar-refractivity contribution in [2.75, 3.05) is 5.32 Å². The number of aromatic amines is 1. The van der Waals surface area contributed by atoms with Gasteiger partial charge in [-0.05, 0) is 19.1 Å². The molecule has 0 aliphatic carbocycles. The van der Waals surface area contributed by atoms with E-state index in [1.165, 1.54) is 0 Å². The van der Waals surface area contributed by atoms with Gasteiger partial charge in [-0.1, -0.05) is 6.07 Å². The van der Waals surface area contributed by atoms with E-state index in [9.17, 15) is 0 Å². The number of rotatable bonds is 3. The number of thiazole rings is 1. The molecule has 5 heteroatoms. The van der Waals surface area contributed by atoms with Gasteiger partial charge in [0.2, 0.25) is 0 Å². The summed E-state index contributed by atoms with van der Waals surface area (Å²) in [7, 11) is 0. The fourth-order valence-corrected chi connectivity index (χ4v) is 2.48. The third-order valence-electron chi connectivity index (χ3n) is 2.68. The summed E-state index contributed by atoms with van der Waals surface area (Å²) in [5.41, 5.74) is 2.13. The summed E-state index contributed by atoms with van der Waals surface area (Å²) in [6.45, 7) is 2.11. The smallest absolute Gasteiger partial charge is 0.115 e. The summed E-state index contributed by atoms with van der Waals surface area (Å²) >= 11 is 1.66. The average molecular weight is 244 g/mol. The van der Waals surface area contributed by atoms with Gasteiger partial charge in [-0.25, -0.2) is 4.98 Å². The summed E-state index contributed by atoms with van der Waals surface area (Å²) < 4.78 is 0. The highest BCUT2D eigenvalue weighted by atomic mass is 32.1. The van der Waals surface area contributed by atoms with E-state index in [2.05, 4.69) is 33.5 Å². The first kappa shape index (κ1) is 10.3. The molecule has 0 aliphatic heterocycles. The zero-order valence-corrected chi connectivity index (χ0v) is 10.2. The van der Waals surface area contributed by atoms with E-state index in [1.807, 2.05) is 29.9 Å². The minimum atomic E-state index is 0.204. The van der Waals surface area contributed by atoms with E-state index < -0.39 is 0 Å². The molecule has 17 heavy (non-hydrogen) atoms. The topological polar surface area (TPSA) is 53.6 Å². The lowest BCUT2D eigenvalue weighted by Gasteiger charge is -2.13. The van der Waals surface area contributed by atoms with Gasteiger partial charge in [-0.3, -0.25) is 5.10 Å². The van der Waals surface area contributed by atoms with Crippen LogP contribution in [0.2, 0.25) is 0 Å². The van der Waals surface area contributed by atoms with E-state index in [-0.39, 0.29) is 6.04 Å². The SMILES string of the molecule is CC(Nc1cccc2[nH]ncc12)c1nccs1. The van der Waals surface area contributed by atoms with Crippen molar-refractivity contribution in [3.05, 3.63) is 41.0 Å². The number of H-pyrrole nitrogens is 1. The summed E-state index contributed by atoms with van der Waals surface area (Å²) in [6, 6.07) is 6.29. The largest absolute Gasteiger partial charge is 0.375 e. The number of hydrogen-bond donors (Lipinski definition) is 2. The predicted octanol–water partition coefficient (Wildman–Crippen LogP) is 3.19. The highest BCUT2D eigenvalue weighted by Gasteiger charge is 2.09. The van der Waals surface area contributed by atoms with Gasteiger partial charge in [0.1, 0.15) is 5.01 Å². The Morgan fingerprint density at radius 2 is 2.35 bits per heavy atom. The number of anilines is 1. The van der Waals surface area contributed by atoms with Crippen LogP contribution in [0.5, 0.6) is 0 Å². The Morgan fingerprint density at radius 1 is 1.41 bits per heavy atom. The maximum atomic E-state index is 4.31. The molecule has 0 bridgehead atoms. The average Bonchev–Trinajstić information content (AvgIpc) is 3.00. The zero-order valence-electron chi connectivity index (χ0n) is 9.34. The van der Waals surface area contributed by atoms with Crippen LogP contribution in [0.1, 0.15) is 18.0 Å². The molecule has 0 aliphatic rings. The van der Waals surface area contributed by atoms with Crippen LogP contribution in [0.15, 0.2) is 36.0 Å². The molecule has 0 spiro atoms. The van der Waals surface area contributed by atoms with Gasteiger partial charge in [0.25, 0.3) is 0 Å². The molecular weight excluding hydrogens is 232 g/mol. The molecule has 0 saturated carbocycles. The molecule has 2 heterocycles. The van der Waals surface area contributed by atoms with Crippen molar-refractivity contribution in [3.8, 4) is 0 Å². The van der Waals surface area contributed by atoms with Crippen molar-refractivity contribution in [2.45, 2.75) is 13.0 Å². The monoisotopic (exact) mass is 244 g/mol. The Morgan fingerprint density at radius 3 is 3.18 bits per heavy atom. The van der Waals surface area contributed by atoms with Crippen LogP contribution in [-0.2, 0) is 0 Å². The number of hydrogen-bond acceptors (Lipinski definition) is 4. The van der Waals surface area contributed by atoms with E-state index in [4.69, 9.17) is 0 Å². The first-order chi connectivity index (χ1) is 8.34. The lowest BCUT2D eigenvalue weighted by molar-refractivity contribution is 0.872. The zero-order chi connectivity index (χ0) is 11.7. The van der Waals surface area contributed by atoms with Crippen LogP contribution in [-0.4, -0.2) is 15.2 Å². The first-order valence-corrected chi connectivity index (χ1v) is 6.30. The molecule has 3 aromatic rings. The Balaban J connectivity index is 1.92. The Bertz CT molecular complexity index is 614. The van der Waals surface area contributed by atoms with Crippen LogP contribution in [0.3, 0.4) is 0 Å². The van der Waals surface area contributed by atoms with Crippen molar-refractivity contribution >= 4 is 27.9 Å². The van der Waals surface area contributed by atoms with E-state index in [1.54, 1.807) is 11.3 Å². The molecule has 1 aromatic carbocycles. The summed E-state index contributed by atoms with van der Waals surface area (Å²) in [6.07, 6.45) is 3.67. The van der Waals surface area contributed by atoms with Crippen molar-refractivity contribution in [1.29, 1.82) is 0 Å². The Kier molecular flexibility index (Phi) is 2.53. The molecule has 86 valence electrons. The maximum absolute atomic E-state index is 4.31. The second-order valence-corrected chi connectivity index (χ2v) is 4.80. The van der Waals surface area contributed by atoms with Crippen molar-refractivity contribution in [2.24, 2.45) is 0 Å². The minimum absolute atomic E-state index is 0.204. The molecule has 1 atom stereocenters. The number of fused-ring (bicyclic) bond motifs is 1. The number of nitrogens with zero attached hydrogens (tertiary/aromatic N) is 2. The fraction of sp³-hybridized carbons (Fsp3) is 0.167. The fourth-order valence-electron chi connectivity index (χ4n) is 1.84. The third kappa shape index (κ3) is 1.89. The lowest BCUT2D eigenvalue weighted by Crippen LogP contribution is -2.06. The van der Waals surface area contributed by atoms with E-state index >= 15 is 0 Å². The highest BCUT2D eigenvalue weighted by Crippen LogP contribution is 2.26. The number of aromatic nitrogens is 3. The second-order valence-electron chi connectivity index (χ2n) is 3.87. The molecule has 0 radical (unpaired) electrons. The third-order valence-corrected chi connectivity index (χ3v) is 3.64. The number of benzene rings is 1. The first-order valence-electron chi connectivity index (χ1n) is 5.42. The van der Waals surface area contributed by atoms with Crippen LogP contribution in [0, 0.1) is 0 Å². The van der Waals surface area contributed by atoms with Crippen LogP contribution >= 0.6 is 11.3 Å². The summed E-state index contributed by atoms with van der Waals surface area (Å²) in [4.78, 5) is 4.31. The highest BCUT2D eigenvalue weighted by molar-refractivity contribution is 7.09. The Labute approximate surface area is 103 Å². The van der Waals surface area contributed by atoms with E-state index in [0.29, 0.717) is 0 Å². The molecule has 4 nitrogen and oxygen atoms in total. The summed E-state index contributed by atoms with van der Waals surface area (Å²) in [5, 5.41) is 14.7. The van der Waals surface area contributed by atoms with Crippen molar-refractivity contribution in [1.82, 2.24) is 15.2 Å².